The van der Waals surface area contributed by atoms with Crippen molar-refractivity contribution in [3.63, 3.8) is 0 Å². The maximum absolute atomic E-state index is 5.79. The lowest BCUT2D eigenvalue weighted by Crippen LogP contribution is -3.09. The highest BCUT2D eigenvalue weighted by Crippen LogP contribution is 2.28. The molecule has 3 heterocycles. The van der Waals surface area contributed by atoms with Crippen LogP contribution in [0, 0.1) is 4.77 Å². The summed E-state index contributed by atoms with van der Waals surface area (Å²) in [7, 11) is 0. The zero-order valence-corrected chi connectivity index (χ0v) is 18.0. The van der Waals surface area contributed by atoms with E-state index in [0.717, 1.165) is 41.4 Å². The molecule has 2 aromatic heterocycles. The number of hydrogen-bond donors (Lipinski definition) is 1. The van der Waals surface area contributed by atoms with Gasteiger partial charge in [-0.25, -0.2) is 4.98 Å². The van der Waals surface area contributed by atoms with Crippen LogP contribution in [0.4, 0.5) is 0 Å². The number of nitrogens with one attached hydrogen (secondary N) is 1. The zero-order valence-electron chi connectivity index (χ0n) is 16.4. The first kappa shape index (κ1) is 18.7. The molecule has 1 aliphatic rings. The maximum Gasteiger partial charge on any atom is 0.203 e. The van der Waals surface area contributed by atoms with Crippen molar-refractivity contribution in [2.45, 2.75) is 39.0 Å². The molecule has 0 spiro atoms. The topological polar surface area (TPSA) is 40.1 Å². The summed E-state index contributed by atoms with van der Waals surface area (Å²) in [5, 5.41) is 6.16. The molecule has 29 heavy (non-hydrogen) atoms. The molecule has 0 saturated carbocycles. The van der Waals surface area contributed by atoms with Crippen molar-refractivity contribution < 1.29 is 4.90 Å². The molecule has 2 atom stereocenters. The lowest BCUT2D eigenvalue weighted by molar-refractivity contribution is -0.941. The van der Waals surface area contributed by atoms with Crippen LogP contribution in [-0.2, 0) is 13.2 Å². The Hall–Kier alpha value is -2.35. The van der Waals surface area contributed by atoms with Gasteiger partial charge in [0, 0.05) is 24.9 Å². The summed E-state index contributed by atoms with van der Waals surface area (Å²) in [6.45, 7) is 4.86. The van der Waals surface area contributed by atoms with Gasteiger partial charge in [0.25, 0.3) is 0 Å². The second-order valence-electron chi connectivity index (χ2n) is 7.50. The predicted octanol–water partition coefficient (Wildman–Crippen LogP) is 4.09. The van der Waals surface area contributed by atoms with Crippen LogP contribution in [0.25, 0.3) is 21.6 Å². The van der Waals surface area contributed by atoms with Gasteiger partial charge >= 0.3 is 0 Å². The van der Waals surface area contributed by atoms with Crippen LogP contribution in [0.3, 0.4) is 0 Å². The Balaban J connectivity index is 1.46. The van der Waals surface area contributed by atoms with Gasteiger partial charge in [-0.3, -0.25) is 0 Å². The van der Waals surface area contributed by atoms with Gasteiger partial charge in [-0.05, 0) is 31.3 Å². The second-order valence-corrected chi connectivity index (χ2v) is 8.92. The van der Waals surface area contributed by atoms with Gasteiger partial charge in [-0.2, -0.15) is 4.68 Å². The number of likely N-dealkylation sites (tertiary alicyclic amines) is 1. The van der Waals surface area contributed by atoms with Crippen molar-refractivity contribution in [3.8, 4) is 11.4 Å². The molecule has 1 saturated heterocycles. The van der Waals surface area contributed by atoms with Gasteiger partial charge in [-0.15, -0.1) is 16.4 Å². The maximum atomic E-state index is 5.79. The third-order valence-corrected chi connectivity index (χ3v) is 7.30. The Labute approximate surface area is 179 Å². The van der Waals surface area contributed by atoms with Gasteiger partial charge < -0.3 is 9.47 Å². The Bertz CT molecular complexity index is 1160. The number of fused-ring (bicyclic) bond motifs is 1. The highest BCUT2D eigenvalue weighted by atomic mass is 32.1. The third kappa shape index (κ3) is 3.43. The average Bonchev–Trinajstić information content (AvgIpc) is 3.46. The number of quaternary nitrogens is 1. The van der Waals surface area contributed by atoms with Crippen molar-refractivity contribution in [3.05, 3.63) is 64.4 Å². The molecule has 1 fully saturated rings. The van der Waals surface area contributed by atoms with Crippen LogP contribution < -0.4 is 4.90 Å². The summed E-state index contributed by atoms with van der Waals surface area (Å²) in [4.78, 5) is 6.43. The molecule has 5 rings (SSSR count). The smallest absolute Gasteiger partial charge is 0.203 e. The van der Waals surface area contributed by atoms with E-state index in [0.29, 0.717) is 6.04 Å². The van der Waals surface area contributed by atoms with Crippen molar-refractivity contribution in [1.29, 1.82) is 0 Å². The Kier molecular flexibility index (Phi) is 5.03. The Morgan fingerprint density at radius 2 is 1.93 bits per heavy atom. The lowest BCUT2D eigenvalue weighted by Gasteiger charge is -2.19. The van der Waals surface area contributed by atoms with Crippen molar-refractivity contribution in [2.24, 2.45) is 0 Å². The number of hydrogen-bond acceptors (Lipinski definition) is 4. The first-order valence-corrected chi connectivity index (χ1v) is 11.4. The van der Waals surface area contributed by atoms with E-state index in [2.05, 4.69) is 47.9 Å². The average molecular weight is 423 g/mol. The number of aromatic nitrogens is 4. The van der Waals surface area contributed by atoms with E-state index < -0.39 is 0 Å². The molecular weight excluding hydrogens is 398 g/mol. The van der Waals surface area contributed by atoms with Crippen LogP contribution >= 0.6 is 23.6 Å². The van der Waals surface area contributed by atoms with E-state index in [1.807, 2.05) is 34.2 Å². The number of thiazole rings is 1. The Morgan fingerprint density at radius 1 is 1.14 bits per heavy atom. The Morgan fingerprint density at radius 3 is 2.72 bits per heavy atom. The van der Waals surface area contributed by atoms with Gasteiger partial charge in [0.05, 0.1) is 16.8 Å². The highest BCUT2D eigenvalue weighted by Gasteiger charge is 2.33. The molecule has 1 unspecified atom stereocenters. The van der Waals surface area contributed by atoms with Crippen molar-refractivity contribution in [1.82, 2.24) is 19.3 Å². The van der Waals surface area contributed by atoms with Crippen LogP contribution in [0.1, 0.15) is 30.8 Å². The van der Waals surface area contributed by atoms with Crippen LogP contribution in [0.2, 0.25) is 0 Å². The summed E-state index contributed by atoms with van der Waals surface area (Å²) in [6.07, 6.45) is 2.38. The fourth-order valence-corrected chi connectivity index (χ4v) is 5.74. The minimum Gasteiger partial charge on any atom is -0.308 e. The molecule has 148 valence electrons. The number of benzene rings is 2. The van der Waals surface area contributed by atoms with E-state index in [9.17, 15) is 0 Å². The minimum atomic E-state index is 0.418. The number of rotatable bonds is 5. The monoisotopic (exact) mass is 422 g/mol. The van der Waals surface area contributed by atoms with E-state index >= 15 is 0 Å². The first-order valence-electron chi connectivity index (χ1n) is 10.2. The van der Waals surface area contributed by atoms with Crippen LogP contribution in [0.5, 0.6) is 0 Å². The SMILES string of the molecule is CCn1c(-c2ccccc2)nn(C[NH+]2CCC[C@@H]2c2nc3ccccc3s2)c1=S. The normalized spacial score (nSPS) is 19.2. The fourth-order valence-electron chi connectivity index (χ4n) is 4.26. The molecule has 0 radical (unpaired) electrons. The molecule has 5 nitrogen and oxygen atoms in total. The van der Waals surface area contributed by atoms with Gasteiger partial charge in [0.1, 0.15) is 6.04 Å². The zero-order chi connectivity index (χ0) is 19.8. The summed E-state index contributed by atoms with van der Waals surface area (Å²) < 4.78 is 6.22. The van der Waals surface area contributed by atoms with E-state index in [1.165, 1.54) is 27.4 Å². The fraction of sp³-hybridized carbons (Fsp3) is 0.318. The minimum absolute atomic E-state index is 0.418. The molecule has 1 aliphatic heterocycles. The summed E-state index contributed by atoms with van der Waals surface area (Å²) in [6, 6.07) is 19.2. The third-order valence-electron chi connectivity index (χ3n) is 5.72. The van der Waals surface area contributed by atoms with Gasteiger partial charge in [0.2, 0.25) is 4.77 Å². The van der Waals surface area contributed by atoms with E-state index in [1.54, 1.807) is 0 Å². The molecule has 4 aromatic rings. The summed E-state index contributed by atoms with van der Waals surface area (Å²) in [5.41, 5.74) is 2.22. The quantitative estimate of drug-likeness (QED) is 0.493. The van der Waals surface area contributed by atoms with Gasteiger partial charge in [-0.1, -0.05) is 42.5 Å². The molecule has 7 heteroatoms. The van der Waals surface area contributed by atoms with E-state index in [-0.39, 0.29) is 0 Å². The van der Waals surface area contributed by atoms with Crippen molar-refractivity contribution >= 4 is 33.8 Å². The van der Waals surface area contributed by atoms with Crippen molar-refractivity contribution in [2.75, 3.05) is 6.54 Å². The van der Waals surface area contributed by atoms with Gasteiger partial charge in [0.15, 0.2) is 17.5 Å². The largest absolute Gasteiger partial charge is 0.308 e. The first-order chi connectivity index (χ1) is 14.2. The molecule has 0 amide bonds. The summed E-state index contributed by atoms with van der Waals surface area (Å²) in [5.74, 6) is 0.952. The number of nitrogens with zero attached hydrogens (tertiary/aromatic N) is 4. The van der Waals surface area contributed by atoms with Crippen LogP contribution in [-0.4, -0.2) is 25.9 Å². The molecule has 2 aromatic carbocycles. The molecule has 1 N–H and O–H groups in total. The lowest BCUT2D eigenvalue weighted by atomic mass is 10.2. The highest BCUT2D eigenvalue weighted by molar-refractivity contribution is 7.71. The molecular formula is C22H24N5S2+. The summed E-state index contributed by atoms with van der Waals surface area (Å²) >= 11 is 7.62. The predicted molar refractivity (Wildman–Crippen MR) is 120 cm³/mol. The standard InChI is InChI=1S/C22H23N5S2/c1-2-26-20(16-9-4-3-5-10-16)24-27(22(26)28)15-25-14-8-12-18(25)21-23-17-11-6-7-13-19(17)29-21/h3-7,9-11,13,18H,2,8,12,14-15H2,1H3/p+1/t18-/m1/s1. The number of para-hydroxylation sites is 1. The molecule has 0 bridgehead atoms. The van der Waals surface area contributed by atoms with E-state index in [4.69, 9.17) is 22.3 Å². The molecule has 0 aliphatic carbocycles. The van der Waals surface area contributed by atoms with Crippen LogP contribution in [0.15, 0.2) is 54.6 Å². The second kappa shape index (κ2) is 7.82.